The second kappa shape index (κ2) is 6.06. The first-order valence-corrected chi connectivity index (χ1v) is 6.69. The lowest BCUT2D eigenvalue weighted by Crippen LogP contribution is -2.34. The molecule has 2 heteroatoms. The molecule has 2 nitrogen and oxygen atoms in total. The Balaban J connectivity index is 1.76. The summed E-state index contributed by atoms with van der Waals surface area (Å²) < 4.78 is 5.66. The first-order valence-electron chi connectivity index (χ1n) is 6.69. The third-order valence-electron chi connectivity index (χ3n) is 3.21. The summed E-state index contributed by atoms with van der Waals surface area (Å²) in [5.41, 5.74) is 1.34. The Morgan fingerprint density at radius 3 is 2.47 bits per heavy atom. The average Bonchev–Trinajstić information content (AvgIpc) is 2.26. The maximum absolute atomic E-state index is 5.66. The van der Waals surface area contributed by atoms with Crippen LogP contribution in [0.15, 0.2) is 24.3 Å². The van der Waals surface area contributed by atoms with Gasteiger partial charge in [0.15, 0.2) is 0 Å². The zero-order chi connectivity index (χ0) is 12.1. The number of nitrogens with one attached hydrogen (secondary N) is 1. The molecule has 0 spiro atoms. The van der Waals surface area contributed by atoms with Gasteiger partial charge in [-0.3, -0.25) is 0 Å². The summed E-state index contributed by atoms with van der Waals surface area (Å²) >= 11 is 0. The fourth-order valence-corrected chi connectivity index (χ4v) is 1.84. The Labute approximate surface area is 104 Å². The van der Waals surface area contributed by atoms with Crippen LogP contribution in [0.2, 0.25) is 0 Å². The quantitative estimate of drug-likeness (QED) is 0.813. The van der Waals surface area contributed by atoms with Gasteiger partial charge in [-0.15, -0.1) is 0 Å². The highest BCUT2D eigenvalue weighted by Gasteiger charge is 2.15. The topological polar surface area (TPSA) is 21.3 Å². The molecule has 1 aliphatic carbocycles. The lowest BCUT2D eigenvalue weighted by molar-refractivity contribution is 0.271. The number of hydrogen-bond donors (Lipinski definition) is 1. The van der Waals surface area contributed by atoms with E-state index in [2.05, 4.69) is 43.4 Å². The van der Waals surface area contributed by atoms with Gasteiger partial charge in [0.05, 0.1) is 6.61 Å². The van der Waals surface area contributed by atoms with Gasteiger partial charge in [-0.25, -0.2) is 0 Å². The van der Waals surface area contributed by atoms with Gasteiger partial charge in [-0.2, -0.15) is 0 Å². The molecule has 0 unspecified atom stereocenters. The van der Waals surface area contributed by atoms with E-state index in [1.807, 2.05) is 0 Å². The molecule has 0 bridgehead atoms. The van der Waals surface area contributed by atoms with Gasteiger partial charge in [-0.1, -0.05) is 32.4 Å². The van der Waals surface area contributed by atoms with Crippen molar-refractivity contribution in [3.05, 3.63) is 29.8 Å². The maximum Gasteiger partial charge on any atom is 0.119 e. The summed E-state index contributed by atoms with van der Waals surface area (Å²) in [5, 5.41) is 3.56. The predicted octanol–water partition coefficient (Wildman–Crippen LogP) is 3.36. The van der Waals surface area contributed by atoms with Crippen LogP contribution in [0, 0.1) is 5.92 Å². The van der Waals surface area contributed by atoms with Gasteiger partial charge in [0.25, 0.3) is 0 Å². The van der Waals surface area contributed by atoms with Gasteiger partial charge < -0.3 is 10.1 Å². The van der Waals surface area contributed by atoms with Crippen molar-refractivity contribution in [1.82, 2.24) is 5.32 Å². The van der Waals surface area contributed by atoms with Crippen molar-refractivity contribution in [3.63, 3.8) is 0 Å². The zero-order valence-electron chi connectivity index (χ0n) is 10.9. The SMILES string of the molecule is CC(C)COc1ccc(CNC2CCC2)cc1. The minimum absolute atomic E-state index is 0.579. The van der Waals surface area contributed by atoms with E-state index < -0.39 is 0 Å². The van der Waals surface area contributed by atoms with Crippen molar-refractivity contribution >= 4 is 0 Å². The summed E-state index contributed by atoms with van der Waals surface area (Å²) in [6.07, 6.45) is 4.07. The molecule has 0 atom stereocenters. The molecule has 17 heavy (non-hydrogen) atoms. The van der Waals surface area contributed by atoms with E-state index in [0.717, 1.165) is 24.9 Å². The van der Waals surface area contributed by atoms with Gasteiger partial charge in [0.2, 0.25) is 0 Å². The molecule has 1 aromatic carbocycles. The molecule has 0 amide bonds. The molecule has 1 aliphatic rings. The standard InChI is InChI=1S/C15H23NO/c1-12(2)11-17-15-8-6-13(7-9-15)10-16-14-4-3-5-14/h6-9,12,14,16H,3-5,10-11H2,1-2H3. The van der Waals surface area contributed by atoms with E-state index in [1.54, 1.807) is 0 Å². The fraction of sp³-hybridized carbons (Fsp3) is 0.600. The fourth-order valence-electron chi connectivity index (χ4n) is 1.84. The minimum atomic E-state index is 0.579. The third-order valence-corrected chi connectivity index (χ3v) is 3.21. The zero-order valence-corrected chi connectivity index (χ0v) is 10.9. The van der Waals surface area contributed by atoms with Crippen molar-refractivity contribution in [1.29, 1.82) is 0 Å². The van der Waals surface area contributed by atoms with Crippen LogP contribution in [0.4, 0.5) is 0 Å². The van der Waals surface area contributed by atoms with Crippen molar-refractivity contribution in [3.8, 4) is 5.75 Å². The third kappa shape index (κ3) is 4.04. The molecular weight excluding hydrogens is 210 g/mol. The summed E-state index contributed by atoms with van der Waals surface area (Å²) in [6, 6.07) is 9.20. The van der Waals surface area contributed by atoms with Crippen LogP contribution in [-0.4, -0.2) is 12.6 Å². The largest absolute Gasteiger partial charge is 0.493 e. The van der Waals surface area contributed by atoms with Gasteiger partial charge in [-0.05, 0) is 36.5 Å². The molecule has 0 radical (unpaired) electrons. The number of ether oxygens (including phenoxy) is 1. The van der Waals surface area contributed by atoms with Gasteiger partial charge in [0.1, 0.15) is 5.75 Å². The van der Waals surface area contributed by atoms with Crippen LogP contribution in [0.3, 0.4) is 0 Å². The van der Waals surface area contributed by atoms with Crippen molar-refractivity contribution in [2.75, 3.05) is 6.61 Å². The molecule has 94 valence electrons. The van der Waals surface area contributed by atoms with Crippen molar-refractivity contribution < 1.29 is 4.74 Å². The van der Waals surface area contributed by atoms with E-state index >= 15 is 0 Å². The minimum Gasteiger partial charge on any atom is -0.493 e. The van der Waals surface area contributed by atoms with E-state index in [0.29, 0.717) is 5.92 Å². The lowest BCUT2D eigenvalue weighted by atomic mass is 9.93. The molecular formula is C15H23NO. The predicted molar refractivity (Wildman–Crippen MR) is 71.3 cm³/mol. The van der Waals surface area contributed by atoms with Crippen LogP contribution in [0.1, 0.15) is 38.7 Å². The molecule has 1 aromatic rings. The highest BCUT2D eigenvalue weighted by Crippen LogP contribution is 2.19. The lowest BCUT2D eigenvalue weighted by Gasteiger charge is -2.26. The number of benzene rings is 1. The monoisotopic (exact) mass is 233 g/mol. The highest BCUT2D eigenvalue weighted by atomic mass is 16.5. The summed E-state index contributed by atoms with van der Waals surface area (Å²) in [7, 11) is 0. The Bertz CT molecular complexity index is 327. The van der Waals surface area contributed by atoms with Crippen LogP contribution < -0.4 is 10.1 Å². The van der Waals surface area contributed by atoms with E-state index in [9.17, 15) is 0 Å². The maximum atomic E-state index is 5.66. The molecule has 0 aromatic heterocycles. The molecule has 1 saturated carbocycles. The molecule has 1 fully saturated rings. The van der Waals surface area contributed by atoms with E-state index in [1.165, 1.54) is 24.8 Å². The first-order chi connectivity index (χ1) is 8.24. The molecule has 2 rings (SSSR count). The van der Waals surface area contributed by atoms with Gasteiger partial charge >= 0.3 is 0 Å². The van der Waals surface area contributed by atoms with Crippen molar-refractivity contribution in [2.24, 2.45) is 5.92 Å². The second-order valence-electron chi connectivity index (χ2n) is 5.36. The smallest absolute Gasteiger partial charge is 0.119 e. The Morgan fingerprint density at radius 1 is 1.24 bits per heavy atom. The molecule has 1 N–H and O–H groups in total. The van der Waals surface area contributed by atoms with Crippen LogP contribution in [0.25, 0.3) is 0 Å². The first kappa shape index (κ1) is 12.4. The van der Waals surface area contributed by atoms with Crippen LogP contribution in [-0.2, 0) is 6.54 Å². The second-order valence-corrected chi connectivity index (χ2v) is 5.36. The van der Waals surface area contributed by atoms with Gasteiger partial charge in [0, 0.05) is 12.6 Å². The summed E-state index contributed by atoms with van der Waals surface area (Å²) in [4.78, 5) is 0. The summed E-state index contributed by atoms with van der Waals surface area (Å²) in [5.74, 6) is 1.56. The normalized spacial score (nSPS) is 15.9. The van der Waals surface area contributed by atoms with Crippen LogP contribution in [0.5, 0.6) is 5.75 Å². The Hall–Kier alpha value is -1.02. The summed E-state index contributed by atoms with van der Waals surface area (Å²) in [6.45, 7) is 6.10. The number of rotatable bonds is 6. The number of hydrogen-bond acceptors (Lipinski definition) is 2. The average molecular weight is 233 g/mol. The van der Waals surface area contributed by atoms with E-state index in [-0.39, 0.29) is 0 Å². The Kier molecular flexibility index (Phi) is 4.43. The highest BCUT2D eigenvalue weighted by molar-refractivity contribution is 5.27. The molecule has 0 saturated heterocycles. The Morgan fingerprint density at radius 2 is 1.94 bits per heavy atom. The van der Waals surface area contributed by atoms with Crippen molar-refractivity contribution in [2.45, 2.75) is 45.7 Å². The van der Waals surface area contributed by atoms with Crippen LogP contribution >= 0.6 is 0 Å². The van der Waals surface area contributed by atoms with E-state index in [4.69, 9.17) is 4.74 Å². The molecule has 0 aliphatic heterocycles. The molecule has 0 heterocycles.